The number of amides is 1. The molecule has 0 aromatic carbocycles. The summed E-state index contributed by atoms with van der Waals surface area (Å²) in [5, 5.41) is 13.9. The molecule has 0 heterocycles. The van der Waals surface area contributed by atoms with Gasteiger partial charge in [-0.3, -0.25) is 13.8 Å². The second-order valence-corrected chi connectivity index (χ2v) is 26.4. The first-order valence-corrected chi connectivity index (χ1v) is 35.9. The van der Waals surface area contributed by atoms with Crippen LogP contribution in [0, 0.1) is 0 Å². The zero-order valence-corrected chi connectivity index (χ0v) is 53.8. The molecule has 0 bridgehead atoms. The molecule has 3 atom stereocenters. The van der Waals surface area contributed by atoms with Gasteiger partial charge in [0.05, 0.1) is 39.9 Å². The van der Waals surface area contributed by atoms with Gasteiger partial charge in [0.25, 0.3) is 0 Å². The van der Waals surface area contributed by atoms with Gasteiger partial charge in [0.1, 0.15) is 13.2 Å². The summed E-state index contributed by atoms with van der Waals surface area (Å²) in [6.45, 7) is 4.84. The molecule has 0 rings (SSSR count). The highest BCUT2D eigenvalue weighted by Gasteiger charge is 2.28. The van der Waals surface area contributed by atoms with Crippen LogP contribution in [-0.4, -0.2) is 73.4 Å². The van der Waals surface area contributed by atoms with Gasteiger partial charge < -0.3 is 19.8 Å². The lowest BCUT2D eigenvalue weighted by Crippen LogP contribution is -2.45. The van der Waals surface area contributed by atoms with Crippen molar-refractivity contribution in [3.05, 3.63) is 36.5 Å². The van der Waals surface area contributed by atoms with Crippen LogP contribution >= 0.6 is 7.82 Å². The molecule has 0 spiro atoms. The molecule has 78 heavy (non-hydrogen) atoms. The molecule has 0 aromatic rings. The molecule has 1 amide bonds. The Hall–Kier alpha value is -1.28. The first-order chi connectivity index (χ1) is 38.0. The number of quaternary nitrogens is 1. The SMILES string of the molecule is CCCCCCCCCC/C=C\CCCCCCCCCCCCCCCCCCCCCCCCCCCCCC(=O)NC(COP(=O)(O)OCC[N+](C)(C)C)C(O)/C=C/CC/C=C/CCCCCCCCCCCCC. The Labute approximate surface area is 487 Å². The molecule has 0 aromatic heterocycles. The number of rotatable bonds is 64. The first kappa shape index (κ1) is 76.7. The number of aliphatic hydroxyl groups is 1. The van der Waals surface area contributed by atoms with Crippen molar-refractivity contribution in [3.63, 3.8) is 0 Å². The Morgan fingerprint density at radius 1 is 0.423 bits per heavy atom. The quantitative estimate of drug-likeness (QED) is 0.0243. The maximum absolute atomic E-state index is 13.0. The van der Waals surface area contributed by atoms with E-state index >= 15 is 0 Å². The lowest BCUT2D eigenvalue weighted by atomic mass is 10.0. The van der Waals surface area contributed by atoms with E-state index in [0.717, 1.165) is 38.5 Å². The van der Waals surface area contributed by atoms with Gasteiger partial charge in [0.15, 0.2) is 0 Å². The number of phosphoric ester groups is 1. The van der Waals surface area contributed by atoms with Crippen molar-refractivity contribution < 1.29 is 32.9 Å². The number of carbonyl (C=O) groups excluding carboxylic acids is 1. The zero-order chi connectivity index (χ0) is 57.0. The van der Waals surface area contributed by atoms with Gasteiger partial charge >= 0.3 is 7.82 Å². The van der Waals surface area contributed by atoms with Crippen LogP contribution in [0.15, 0.2) is 36.5 Å². The molecule has 0 radical (unpaired) electrons. The second-order valence-electron chi connectivity index (χ2n) is 24.9. The average Bonchev–Trinajstić information content (AvgIpc) is 3.40. The minimum absolute atomic E-state index is 0.0582. The molecule has 462 valence electrons. The Morgan fingerprint density at radius 3 is 1.03 bits per heavy atom. The summed E-state index contributed by atoms with van der Waals surface area (Å²) in [6.07, 6.45) is 80.2. The first-order valence-electron chi connectivity index (χ1n) is 34.4. The van der Waals surface area contributed by atoms with Crippen molar-refractivity contribution in [1.82, 2.24) is 5.32 Å². The van der Waals surface area contributed by atoms with Gasteiger partial charge in [-0.05, 0) is 57.8 Å². The number of aliphatic hydroxyl groups excluding tert-OH is 1. The predicted octanol–water partition coefficient (Wildman–Crippen LogP) is 21.7. The van der Waals surface area contributed by atoms with Gasteiger partial charge in [-0.1, -0.05) is 320 Å². The number of allylic oxidation sites excluding steroid dienone is 5. The zero-order valence-electron chi connectivity index (χ0n) is 52.9. The van der Waals surface area contributed by atoms with Gasteiger partial charge in [0.2, 0.25) is 5.91 Å². The van der Waals surface area contributed by atoms with Gasteiger partial charge in [-0.15, -0.1) is 0 Å². The van der Waals surface area contributed by atoms with E-state index in [9.17, 15) is 19.4 Å². The minimum Gasteiger partial charge on any atom is -0.387 e. The maximum Gasteiger partial charge on any atom is 0.472 e. The Kier molecular flexibility index (Phi) is 59.3. The number of hydrogen-bond donors (Lipinski definition) is 3. The second kappa shape index (κ2) is 60.3. The van der Waals surface area contributed by atoms with Crippen molar-refractivity contribution in [2.75, 3.05) is 40.9 Å². The third kappa shape index (κ3) is 62.3. The summed E-state index contributed by atoms with van der Waals surface area (Å²) in [5.74, 6) is -0.180. The Balaban J connectivity index is 3.91. The number of phosphoric acid groups is 1. The van der Waals surface area contributed by atoms with Crippen LogP contribution in [0.5, 0.6) is 0 Å². The van der Waals surface area contributed by atoms with Crippen LogP contribution in [0.2, 0.25) is 0 Å². The fraction of sp³-hybridized carbons (Fsp3) is 0.899. The van der Waals surface area contributed by atoms with Crippen molar-refractivity contribution >= 4 is 13.7 Å². The summed E-state index contributed by atoms with van der Waals surface area (Å²) >= 11 is 0. The molecule has 0 fully saturated rings. The van der Waals surface area contributed by atoms with Gasteiger partial charge in [-0.2, -0.15) is 0 Å². The lowest BCUT2D eigenvalue weighted by Gasteiger charge is -2.25. The summed E-state index contributed by atoms with van der Waals surface area (Å²) in [7, 11) is 1.57. The fourth-order valence-corrected chi connectivity index (χ4v) is 11.2. The van der Waals surface area contributed by atoms with E-state index < -0.39 is 20.0 Å². The molecule has 0 aliphatic rings. The van der Waals surface area contributed by atoms with E-state index in [2.05, 4.69) is 43.5 Å². The van der Waals surface area contributed by atoms with E-state index in [0.29, 0.717) is 17.4 Å². The molecule has 0 saturated carbocycles. The molecule has 0 aliphatic heterocycles. The van der Waals surface area contributed by atoms with Crippen LogP contribution in [0.4, 0.5) is 0 Å². The van der Waals surface area contributed by atoms with Gasteiger partial charge in [0, 0.05) is 6.42 Å². The molecule has 0 aliphatic carbocycles. The highest BCUT2D eigenvalue weighted by Crippen LogP contribution is 2.43. The summed E-state index contributed by atoms with van der Waals surface area (Å²) < 4.78 is 23.7. The Morgan fingerprint density at radius 2 is 0.705 bits per heavy atom. The number of carbonyl (C=O) groups is 1. The molecule has 8 nitrogen and oxygen atoms in total. The number of hydrogen-bond acceptors (Lipinski definition) is 5. The molecule has 0 saturated heterocycles. The average molecular weight is 1120 g/mol. The summed E-state index contributed by atoms with van der Waals surface area (Å²) in [6, 6.07) is -0.862. The van der Waals surface area contributed by atoms with Crippen LogP contribution in [0.25, 0.3) is 0 Å². The smallest absolute Gasteiger partial charge is 0.387 e. The maximum atomic E-state index is 13.0. The number of unbranched alkanes of at least 4 members (excludes halogenated alkanes) is 47. The van der Waals surface area contributed by atoms with Crippen LogP contribution in [0.1, 0.15) is 348 Å². The third-order valence-corrected chi connectivity index (χ3v) is 16.8. The van der Waals surface area contributed by atoms with Crippen LogP contribution < -0.4 is 5.32 Å². The lowest BCUT2D eigenvalue weighted by molar-refractivity contribution is -0.870. The van der Waals surface area contributed by atoms with E-state index in [1.165, 1.54) is 289 Å². The van der Waals surface area contributed by atoms with E-state index in [1.54, 1.807) is 6.08 Å². The third-order valence-electron chi connectivity index (χ3n) is 15.8. The van der Waals surface area contributed by atoms with Gasteiger partial charge in [-0.25, -0.2) is 4.57 Å². The summed E-state index contributed by atoms with van der Waals surface area (Å²) in [5.41, 5.74) is 0. The normalized spacial score (nSPS) is 13.9. The summed E-state index contributed by atoms with van der Waals surface area (Å²) in [4.78, 5) is 23.3. The number of nitrogens with zero attached hydrogens (tertiary/aromatic N) is 1. The number of likely N-dealkylation sites (N-methyl/N-ethyl adjacent to an activating group) is 1. The number of nitrogens with one attached hydrogen (secondary N) is 1. The van der Waals surface area contributed by atoms with Crippen LogP contribution in [0.3, 0.4) is 0 Å². The van der Waals surface area contributed by atoms with Crippen molar-refractivity contribution in [3.8, 4) is 0 Å². The topological polar surface area (TPSA) is 105 Å². The fourth-order valence-electron chi connectivity index (χ4n) is 10.5. The highest BCUT2D eigenvalue weighted by molar-refractivity contribution is 7.47. The van der Waals surface area contributed by atoms with E-state index in [4.69, 9.17) is 9.05 Å². The standard InChI is InChI=1S/C69H135N2O6P/c1-6-8-10-12-14-16-18-20-22-24-25-26-27-28-29-30-31-32-33-34-35-36-37-38-39-40-41-42-43-44-45-47-49-51-53-55-57-59-61-63-69(73)70-67(66-77-78(74,75)76-65-64-71(3,4)5)68(72)62-60-58-56-54-52-50-48-46-23-21-19-17-15-13-11-9-7-2/h24-25,52,54,60,62,67-68,72H,6-23,26-51,53,55-59,61,63-66H2,1-5H3,(H-,70,73,74,75)/p+1/b25-24-,54-52+,62-60+. The van der Waals surface area contributed by atoms with E-state index in [1.807, 2.05) is 27.2 Å². The Bertz CT molecular complexity index is 1360. The van der Waals surface area contributed by atoms with Crippen molar-refractivity contribution in [1.29, 1.82) is 0 Å². The van der Waals surface area contributed by atoms with Crippen LogP contribution in [-0.2, 0) is 18.4 Å². The largest absolute Gasteiger partial charge is 0.472 e. The highest BCUT2D eigenvalue weighted by atomic mass is 31.2. The van der Waals surface area contributed by atoms with Crippen molar-refractivity contribution in [2.24, 2.45) is 0 Å². The molecule has 3 N–H and O–H groups in total. The minimum atomic E-state index is -4.36. The monoisotopic (exact) mass is 1120 g/mol. The van der Waals surface area contributed by atoms with E-state index in [-0.39, 0.29) is 19.1 Å². The molecular weight excluding hydrogens is 984 g/mol. The van der Waals surface area contributed by atoms with Crippen molar-refractivity contribution in [2.45, 2.75) is 360 Å². The molecular formula is C69H136N2O6P+. The predicted molar refractivity (Wildman–Crippen MR) is 341 cm³/mol. The molecule has 9 heteroatoms. The molecule has 3 unspecified atom stereocenters.